The molecule has 4 rings (SSSR count). The third-order valence-corrected chi connectivity index (χ3v) is 8.15. The van der Waals surface area contributed by atoms with Crippen LogP contribution in [0.3, 0.4) is 0 Å². The second-order valence-corrected chi connectivity index (χ2v) is 10.1. The molecule has 27 heavy (non-hydrogen) atoms. The smallest absolute Gasteiger partial charge is 0.338 e. The van der Waals surface area contributed by atoms with Crippen molar-refractivity contribution in [3.05, 3.63) is 36.0 Å². The maximum Gasteiger partial charge on any atom is 0.338 e. The molecule has 1 saturated heterocycles. The number of allylic oxidation sites excluding steroid dienone is 2. The first-order chi connectivity index (χ1) is 12.7. The van der Waals surface area contributed by atoms with E-state index >= 15 is 0 Å². The lowest BCUT2D eigenvalue weighted by Gasteiger charge is -2.62. The molecule has 4 aliphatic rings. The van der Waals surface area contributed by atoms with Crippen molar-refractivity contribution in [2.45, 2.75) is 45.6 Å². The summed E-state index contributed by atoms with van der Waals surface area (Å²) in [6.45, 7) is 9.14. The molecule has 0 bridgehead atoms. The number of esters is 1. The molecule has 1 unspecified atom stereocenters. The normalized spacial score (nSPS) is 47.4. The first-order valence-corrected chi connectivity index (χ1v) is 11.0. The Morgan fingerprint density at radius 1 is 1.33 bits per heavy atom. The summed E-state index contributed by atoms with van der Waals surface area (Å²) in [7, 11) is -4.19. The Labute approximate surface area is 159 Å². The van der Waals surface area contributed by atoms with Crippen molar-refractivity contribution >= 4 is 13.8 Å². The van der Waals surface area contributed by atoms with Crippen molar-refractivity contribution in [1.29, 1.82) is 0 Å². The number of phosphoric acid groups is 1. The van der Waals surface area contributed by atoms with Gasteiger partial charge in [0, 0.05) is 11.3 Å². The quantitative estimate of drug-likeness (QED) is 0.407. The van der Waals surface area contributed by atoms with Gasteiger partial charge < -0.3 is 18.7 Å². The van der Waals surface area contributed by atoms with Gasteiger partial charge in [0.2, 0.25) is 0 Å². The topological polar surface area (TPSA) is 84.9 Å². The van der Waals surface area contributed by atoms with E-state index in [0.717, 1.165) is 24.8 Å². The van der Waals surface area contributed by atoms with Crippen LogP contribution in [0.4, 0.5) is 0 Å². The van der Waals surface area contributed by atoms with E-state index in [-0.39, 0.29) is 41.3 Å². The highest BCUT2D eigenvalue weighted by Crippen LogP contribution is 2.65. The fourth-order valence-corrected chi connectivity index (χ4v) is 6.90. The molecule has 0 aromatic heterocycles. The summed E-state index contributed by atoms with van der Waals surface area (Å²) < 4.78 is 27.2. The summed E-state index contributed by atoms with van der Waals surface area (Å²) in [5.74, 6) is 0.0725. The second kappa shape index (κ2) is 6.41. The lowest BCUT2D eigenvalue weighted by Crippen LogP contribution is -2.59. The van der Waals surface area contributed by atoms with Gasteiger partial charge in [0.05, 0.1) is 18.3 Å². The van der Waals surface area contributed by atoms with Crippen LogP contribution in [0, 0.1) is 22.7 Å². The van der Waals surface area contributed by atoms with Crippen LogP contribution in [0.1, 0.15) is 39.5 Å². The molecule has 2 heterocycles. The lowest BCUT2D eigenvalue weighted by atomic mass is 9.46. The number of carbonyl (C=O) groups is 1. The molecule has 0 spiro atoms. The van der Waals surface area contributed by atoms with Gasteiger partial charge >= 0.3 is 5.97 Å². The number of ether oxygens (including phenoxy) is 1. The minimum atomic E-state index is -4.19. The molecule has 2 aliphatic carbocycles. The zero-order valence-corrected chi connectivity index (χ0v) is 16.7. The molecule has 0 aromatic rings. The Hall–Kier alpha value is -1.20. The number of hydrogen-bond donors (Lipinski definition) is 0. The molecule has 0 N–H and O–H groups in total. The maximum absolute atomic E-state index is 11.8. The van der Waals surface area contributed by atoms with Crippen molar-refractivity contribution in [2.24, 2.45) is 22.7 Å². The van der Waals surface area contributed by atoms with Crippen LogP contribution in [0.25, 0.3) is 0 Å². The van der Waals surface area contributed by atoms with Crippen LogP contribution in [-0.4, -0.2) is 25.3 Å². The summed E-state index contributed by atoms with van der Waals surface area (Å²) in [6, 6.07) is 0. The molecule has 3 fully saturated rings. The zero-order valence-electron chi connectivity index (χ0n) is 15.8. The van der Waals surface area contributed by atoms with Gasteiger partial charge in [0.25, 0.3) is 7.82 Å². The second-order valence-electron chi connectivity index (χ2n) is 8.71. The first-order valence-electron chi connectivity index (χ1n) is 9.53. The summed E-state index contributed by atoms with van der Waals surface area (Å²) in [6.07, 6.45) is 8.71. The van der Waals surface area contributed by atoms with E-state index in [4.69, 9.17) is 13.8 Å². The van der Waals surface area contributed by atoms with E-state index in [2.05, 4.69) is 26.5 Å². The Balaban J connectivity index is 1.64. The average Bonchev–Trinajstić information content (AvgIpc) is 3.00. The number of phosphoric ester groups is 1. The van der Waals surface area contributed by atoms with E-state index in [1.165, 1.54) is 0 Å². The maximum atomic E-state index is 11.8. The Kier molecular flexibility index (Phi) is 4.54. The summed E-state index contributed by atoms with van der Waals surface area (Å²) in [4.78, 5) is 23.5. The van der Waals surface area contributed by atoms with Gasteiger partial charge in [0.15, 0.2) is 0 Å². The number of rotatable bonds is 2. The Morgan fingerprint density at radius 2 is 2.11 bits per heavy atom. The van der Waals surface area contributed by atoms with Gasteiger partial charge in [-0.25, -0.2) is 4.79 Å². The van der Waals surface area contributed by atoms with Crippen molar-refractivity contribution in [2.75, 3.05) is 13.2 Å². The highest BCUT2D eigenvalue weighted by atomic mass is 31.2. The highest BCUT2D eigenvalue weighted by Gasteiger charge is 2.60. The molecule has 6 atom stereocenters. The van der Waals surface area contributed by atoms with Crippen LogP contribution >= 0.6 is 7.82 Å². The van der Waals surface area contributed by atoms with Crippen LogP contribution < -0.4 is 4.89 Å². The lowest BCUT2D eigenvalue weighted by molar-refractivity contribution is -0.266. The van der Waals surface area contributed by atoms with Crippen molar-refractivity contribution in [1.82, 2.24) is 0 Å². The molecule has 0 amide bonds. The Bertz CT molecular complexity index is 785. The van der Waals surface area contributed by atoms with Crippen LogP contribution in [0.15, 0.2) is 36.0 Å². The third-order valence-electron chi connectivity index (χ3n) is 7.19. The van der Waals surface area contributed by atoms with Crippen LogP contribution in [0.2, 0.25) is 0 Å². The van der Waals surface area contributed by atoms with Gasteiger partial charge in [-0.1, -0.05) is 38.2 Å². The molecule has 148 valence electrons. The minimum absolute atomic E-state index is 0.0862. The monoisotopic (exact) mass is 393 g/mol. The van der Waals surface area contributed by atoms with Gasteiger partial charge in [-0.05, 0) is 43.1 Å². The van der Waals surface area contributed by atoms with Gasteiger partial charge in [-0.3, -0.25) is 4.57 Å². The fraction of sp³-hybridized carbons (Fsp3) is 0.650. The zero-order chi connectivity index (χ0) is 19.4. The summed E-state index contributed by atoms with van der Waals surface area (Å²) >= 11 is 0. The van der Waals surface area contributed by atoms with E-state index in [0.29, 0.717) is 18.6 Å². The minimum Gasteiger partial charge on any atom is -0.756 e. The number of carbonyl (C=O) groups excluding carboxylic acids is 1. The first kappa shape index (κ1) is 19.1. The predicted molar refractivity (Wildman–Crippen MR) is 97.4 cm³/mol. The molecule has 2 saturated carbocycles. The van der Waals surface area contributed by atoms with Gasteiger partial charge in [-0.2, -0.15) is 0 Å². The number of hydrogen-bond acceptors (Lipinski definition) is 6. The molecule has 6 nitrogen and oxygen atoms in total. The fourth-order valence-electron chi connectivity index (χ4n) is 5.74. The number of fused-ring (bicyclic) bond motifs is 3. The standard InChI is InChI=1S/C20H27O6P/c1-13-4-7-16-19(2,15(13)6-5-14-9-11-24-18(14)21)10-8-17-20(16,3)12-25-27(22,23)26-17/h5-6,9,15-17H,1,4,7-8,10-12H2,2-3H3,(H,22,23)/p-1/b6-5+/t15-,16+,17-,19+,20+/m1/s1. The van der Waals surface area contributed by atoms with Crippen molar-refractivity contribution < 1.29 is 28.0 Å². The van der Waals surface area contributed by atoms with E-state index in [1.54, 1.807) is 6.08 Å². The largest absolute Gasteiger partial charge is 0.756 e. The van der Waals surface area contributed by atoms with E-state index in [9.17, 15) is 14.3 Å². The molecular weight excluding hydrogens is 367 g/mol. The summed E-state index contributed by atoms with van der Waals surface area (Å²) in [5, 5.41) is 0. The number of cyclic esters (lactones) is 1. The molecule has 2 aliphatic heterocycles. The van der Waals surface area contributed by atoms with Crippen LogP contribution in [-0.2, 0) is 23.1 Å². The SMILES string of the molecule is C=C1CC[C@@H]2[C@]3(C)COP(=O)([O-])O[C@@H]3CC[C@@]2(C)[C@@H]1/C=C/C1=CCOC1=O. The van der Waals surface area contributed by atoms with Gasteiger partial charge in [-0.15, -0.1) is 0 Å². The highest BCUT2D eigenvalue weighted by molar-refractivity contribution is 7.45. The third kappa shape index (κ3) is 3.07. The predicted octanol–water partition coefficient (Wildman–Crippen LogP) is 3.30. The molecular formula is C20H26O6P-. The van der Waals surface area contributed by atoms with Crippen molar-refractivity contribution in [3.63, 3.8) is 0 Å². The molecule has 7 heteroatoms. The summed E-state index contributed by atoms with van der Waals surface area (Å²) in [5.41, 5.74) is 1.30. The molecule has 0 aromatic carbocycles. The Morgan fingerprint density at radius 3 is 2.81 bits per heavy atom. The molecule has 0 radical (unpaired) electrons. The van der Waals surface area contributed by atoms with Gasteiger partial charge in [0.1, 0.15) is 6.61 Å². The van der Waals surface area contributed by atoms with Crippen LogP contribution in [0.5, 0.6) is 0 Å². The average molecular weight is 393 g/mol. The van der Waals surface area contributed by atoms with E-state index < -0.39 is 7.82 Å². The van der Waals surface area contributed by atoms with Crippen molar-refractivity contribution in [3.8, 4) is 0 Å². The van der Waals surface area contributed by atoms with E-state index in [1.807, 2.05) is 6.08 Å².